The van der Waals surface area contributed by atoms with Crippen LogP contribution in [0.1, 0.15) is 37.7 Å². The van der Waals surface area contributed by atoms with Gasteiger partial charge in [0.2, 0.25) is 11.8 Å². The fourth-order valence-corrected chi connectivity index (χ4v) is 6.36. The standard InChI is InChI=1S/C30H37Cl2N5O4/c31-23-5-3-6-24(29(23)32)35-16-14-34(15-17-35)12-1-2-18-41-22-10-8-21-9-11-27(38)37(26(21)19-22)30(40)25-7-4-13-36(25)28(39)20-33/h3,5-6,8,10,19,25H,1-2,4,7,9,11-18,20,33H2. The molecule has 2 aromatic carbocycles. The molecule has 2 aromatic rings. The number of likely N-dealkylation sites (tertiary alicyclic amines) is 1. The second-order valence-corrected chi connectivity index (χ2v) is 11.5. The Morgan fingerprint density at radius 1 is 0.976 bits per heavy atom. The summed E-state index contributed by atoms with van der Waals surface area (Å²) in [7, 11) is 0. The molecule has 3 heterocycles. The molecule has 9 nitrogen and oxygen atoms in total. The van der Waals surface area contributed by atoms with Crippen LogP contribution < -0.4 is 20.3 Å². The fraction of sp³-hybridized carbons (Fsp3) is 0.500. The zero-order valence-electron chi connectivity index (χ0n) is 23.2. The van der Waals surface area contributed by atoms with Crippen molar-refractivity contribution in [2.24, 2.45) is 5.73 Å². The van der Waals surface area contributed by atoms with Gasteiger partial charge in [-0.2, -0.15) is 0 Å². The number of ether oxygens (including phenoxy) is 1. The second-order valence-electron chi connectivity index (χ2n) is 10.8. The monoisotopic (exact) mass is 601 g/mol. The van der Waals surface area contributed by atoms with E-state index in [2.05, 4.69) is 9.80 Å². The van der Waals surface area contributed by atoms with Gasteiger partial charge in [0.15, 0.2) is 0 Å². The molecular weight excluding hydrogens is 565 g/mol. The topological polar surface area (TPSA) is 99.4 Å². The SMILES string of the molecule is NCC(=O)N1CCCC1C(=O)N1C(=O)CCc2ccc(OCCCCN3CCN(c4cccc(Cl)c4Cl)CC3)cc21. The lowest BCUT2D eigenvalue weighted by molar-refractivity contribution is -0.138. The first-order valence-electron chi connectivity index (χ1n) is 14.4. The van der Waals surface area contributed by atoms with Gasteiger partial charge in [-0.25, -0.2) is 4.90 Å². The predicted molar refractivity (Wildman–Crippen MR) is 161 cm³/mol. The molecule has 2 N–H and O–H groups in total. The van der Waals surface area contributed by atoms with Gasteiger partial charge in [-0.1, -0.05) is 35.3 Å². The molecule has 220 valence electrons. The van der Waals surface area contributed by atoms with E-state index in [0.29, 0.717) is 53.9 Å². The third-order valence-corrected chi connectivity index (χ3v) is 9.00. The highest BCUT2D eigenvalue weighted by molar-refractivity contribution is 6.43. The molecule has 3 aliphatic heterocycles. The number of rotatable bonds is 9. The van der Waals surface area contributed by atoms with E-state index < -0.39 is 6.04 Å². The number of fused-ring (bicyclic) bond motifs is 1. The minimum absolute atomic E-state index is 0.152. The number of carbonyl (C=O) groups is 3. The fourth-order valence-electron chi connectivity index (χ4n) is 5.95. The van der Waals surface area contributed by atoms with Gasteiger partial charge in [-0.15, -0.1) is 0 Å². The van der Waals surface area contributed by atoms with Gasteiger partial charge in [0.1, 0.15) is 11.8 Å². The van der Waals surface area contributed by atoms with Crippen molar-refractivity contribution in [2.75, 3.05) is 62.2 Å². The van der Waals surface area contributed by atoms with Crippen molar-refractivity contribution in [3.05, 3.63) is 52.0 Å². The first-order chi connectivity index (χ1) is 19.9. The number of halogens is 2. The van der Waals surface area contributed by atoms with E-state index in [1.54, 1.807) is 6.07 Å². The number of imide groups is 1. The highest BCUT2D eigenvalue weighted by Crippen LogP contribution is 2.35. The van der Waals surface area contributed by atoms with Crippen LogP contribution in [0.15, 0.2) is 36.4 Å². The van der Waals surface area contributed by atoms with E-state index in [0.717, 1.165) is 56.8 Å². The molecule has 1 unspecified atom stereocenters. The van der Waals surface area contributed by atoms with Crippen LogP contribution >= 0.6 is 23.2 Å². The van der Waals surface area contributed by atoms with Crippen LogP contribution in [0.5, 0.6) is 5.75 Å². The van der Waals surface area contributed by atoms with Crippen LogP contribution in [0.25, 0.3) is 0 Å². The summed E-state index contributed by atoms with van der Waals surface area (Å²) >= 11 is 12.6. The van der Waals surface area contributed by atoms with Crippen molar-refractivity contribution < 1.29 is 19.1 Å². The van der Waals surface area contributed by atoms with Crippen molar-refractivity contribution in [3.8, 4) is 5.75 Å². The zero-order chi connectivity index (χ0) is 28.9. The van der Waals surface area contributed by atoms with E-state index in [1.807, 2.05) is 30.3 Å². The molecule has 2 fully saturated rings. The summed E-state index contributed by atoms with van der Waals surface area (Å²) in [6, 6.07) is 10.7. The van der Waals surface area contributed by atoms with E-state index in [1.165, 1.54) is 9.80 Å². The van der Waals surface area contributed by atoms with Gasteiger partial charge in [-0.3, -0.25) is 19.3 Å². The van der Waals surface area contributed by atoms with Crippen molar-refractivity contribution in [3.63, 3.8) is 0 Å². The lowest BCUT2D eigenvalue weighted by Crippen LogP contribution is -2.52. The molecule has 0 spiro atoms. The molecule has 41 heavy (non-hydrogen) atoms. The molecule has 2 saturated heterocycles. The summed E-state index contributed by atoms with van der Waals surface area (Å²) in [6.45, 7) is 5.58. The number of nitrogens with two attached hydrogens (primary N) is 1. The lowest BCUT2D eigenvalue weighted by Gasteiger charge is -2.36. The Balaban J connectivity index is 1.11. The second kappa shape index (κ2) is 13.4. The molecule has 5 rings (SSSR count). The number of piperazine rings is 1. The smallest absolute Gasteiger partial charge is 0.256 e. The van der Waals surface area contributed by atoms with Gasteiger partial charge in [0.05, 0.1) is 34.6 Å². The normalized spacial score (nSPS) is 19.4. The minimum atomic E-state index is -0.658. The zero-order valence-corrected chi connectivity index (χ0v) is 24.7. The highest BCUT2D eigenvalue weighted by atomic mass is 35.5. The maximum absolute atomic E-state index is 13.5. The Hall–Kier alpha value is -2.85. The molecule has 11 heteroatoms. The predicted octanol–water partition coefficient (Wildman–Crippen LogP) is 3.73. The molecule has 0 aromatic heterocycles. The van der Waals surface area contributed by atoms with E-state index in [4.69, 9.17) is 33.7 Å². The lowest BCUT2D eigenvalue weighted by atomic mass is 9.99. The number of amides is 3. The third kappa shape index (κ3) is 6.64. The van der Waals surface area contributed by atoms with Crippen molar-refractivity contribution in [2.45, 2.75) is 44.6 Å². The van der Waals surface area contributed by atoms with E-state index in [-0.39, 0.29) is 30.7 Å². The van der Waals surface area contributed by atoms with E-state index in [9.17, 15) is 14.4 Å². The maximum atomic E-state index is 13.5. The number of nitrogens with zero attached hydrogens (tertiary/aromatic N) is 4. The van der Waals surface area contributed by atoms with Crippen LogP contribution in [0.3, 0.4) is 0 Å². The number of hydrogen-bond donors (Lipinski definition) is 1. The summed E-state index contributed by atoms with van der Waals surface area (Å²) < 4.78 is 6.04. The van der Waals surface area contributed by atoms with Gasteiger partial charge in [0, 0.05) is 45.2 Å². The number of benzene rings is 2. The maximum Gasteiger partial charge on any atom is 0.256 e. The molecular formula is C30H37Cl2N5O4. The van der Waals surface area contributed by atoms with Crippen LogP contribution in [0, 0.1) is 0 Å². The van der Waals surface area contributed by atoms with Gasteiger partial charge in [-0.05, 0) is 62.4 Å². The average Bonchev–Trinajstić information content (AvgIpc) is 3.48. The first-order valence-corrected chi connectivity index (χ1v) is 15.2. The quantitative estimate of drug-likeness (QED) is 0.345. The summed E-state index contributed by atoms with van der Waals surface area (Å²) in [5, 5.41) is 1.19. The van der Waals surface area contributed by atoms with Gasteiger partial charge in [0.25, 0.3) is 5.91 Å². The minimum Gasteiger partial charge on any atom is -0.494 e. The first kappa shape index (κ1) is 29.6. The average molecular weight is 603 g/mol. The highest BCUT2D eigenvalue weighted by Gasteiger charge is 2.40. The Bertz CT molecular complexity index is 1280. The number of hydrogen-bond acceptors (Lipinski definition) is 7. The van der Waals surface area contributed by atoms with Crippen molar-refractivity contribution in [1.82, 2.24) is 9.80 Å². The molecule has 0 bridgehead atoms. The number of unbranched alkanes of at least 4 members (excludes halogenated alkanes) is 1. The molecule has 3 amide bonds. The summed E-state index contributed by atoms with van der Waals surface area (Å²) in [4.78, 5) is 46.2. The Morgan fingerprint density at radius 3 is 2.56 bits per heavy atom. The molecule has 0 saturated carbocycles. The van der Waals surface area contributed by atoms with Gasteiger partial charge < -0.3 is 20.3 Å². The van der Waals surface area contributed by atoms with Crippen molar-refractivity contribution >= 4 is 52.3 Å². The van der Waals surface area contributed by atoms with Crippen LogP contribution in [-0.4, -0.2) is 86.0 Å². The largest absolute Gasteiger partial charge is 0.494 e. The Morgan fingerprint density at radius 2 is 1.78 bits per heavy atom. The van der Waals surface area contributed by atoms with Crippen LogP contribution in [0.4, 0.5) is 11.4 Å². The summed E-state index contributed by atoms with van der Waals surface area (Å²) in [6.07, 6.45) is 3.97. The number of carbonyl (C=O) groups excluding carboxylic acids is 3. The third-order valence-electron chi connectivity index (χ3n) is 8.19. The Labute approximate surface area is 251 Å². The van der Waals surface area contributed by atoms with Crippen LogP contribution in [-0.2, 0) is 20.8 Å². The Kier molecular flexibility index (Phi) is 9.70. The number of aryl methyl sites for hydroxylation is 1. The molecule has 3 aliphatic rings. The summed E-state index contributed by atoms with van der Waals surface area (Å²) in [5.74, 6) is -0.242. The van der Waals surface area contributed by atoms with E-state index >= 15 is 0 Å². The molecule has 0 aliphatic carbocycles. The molecule has 0 radical (unpaired) electrons. The van der Waals surface area contributed by atoms with Crippen LogP contribution in [0.2, 0.25) is 10.0 Å². The molecule has 1 atom stereocenters. The van der Waals surface area contributed by atoms with Gasteiger partial charge >= 0.3 is 0 Å². The number of anilines is 2. The van der Waals surface area contributed by atoms with Crippen molar-refractivity contribution in [1.29, 1.82) is 0 Å². The summed E-state index contributed by atoms with van der Waals surface area (Å²) in [5.41, 5.74) is 8.03.